The van der Waals surface area contributed by atoms with Crippen LogP contribution in [0.4, 0.5) is 0 Å². The standard InChI is InChI=1S/C6H8O7.C2H4O2.BH3O3.ClH.H3O4P/c7-3(8)1-6(13,5(11)12)2-4(9)10;1-2(3)4;2-1(3)4;;1-5(2,3)4/h13H,1-2H2,(H,7,8)(H,9,10)(H,11,12);1H3,(H,3,4);2-4H;1H;(H3,1,2,3,4). The summed E-state index contributed by atoms with van der Waals surface area (Å²) in [5.74, 6) is -5.85. The van der Waals surface area contributed by atoms with Gasteiger partial charge in [-0.2, -0.15) is 0 Å². The third kappa shape index (κ3) is 59.2. The van der Waals surface area contributed by atoms with E-state index in [1.165, 1.54) is 0 Å². The highest BCUT2D eigenvalue weighted by Gasteiger charge is 2.40. The van der Waals surface area contributed by atoms with Gasteiger partial charge in [0.05, 0.1) is 12.8 Å². The quantitative estimate of drug-likeness (QED) is 0.142. The highest BCUT2D eigenvalue weighted by molar-refractivity contribution is 7.45. The molecule has 0 radical (unpaired) electrons. The molecule has 0 aromatic rings. The first-order valence-corrected chi connectivity index (χ1v) is 7.22. The average Bonchev–Trinajstić information content (AvgIpc) is 2.21. The summed E-state index contributed by atoms with van der Waals surface area (Å²) in [5.41, 5.74) is -2.74. The fraction of sp³-hybridized carbons (Fsp3) is 0.500. The number of carboxylic acids is 4. The van der Waals surface area contributed by atoms with Crippen LogP contribution in [0.2, 0.25) is 0 Å². The number of carboxylic acid groups (broad SMARTS) is 4. The summed E-state index contributed by atoms with van der Waals surface area (Å²) in [7, 11) is -6.81. The number of rotatable bonds is 5. The number of halogens is 1. The van der Waals surface area contributed by atoms with Crippen molar-refractivity contribution >= 4 is 51.4 Å². The normalized spacial score (nSPS) is 9.33. The predicted molar refractivity (Wildman–Crippen MR) is 84.3 cm³/mol. The molecule has 16 nitrogen and oxygen atoms in total. The topological polar surface area (TPSA) is 308 Å². The molecule has 0 aliphatic heterocycles. The highest BCUT2D eigenvalue weighted by atomic mass is 35.5. The SMILES string of the molecule is CC(=O)O.Cl.O=C(O)CC(O)(CC(=O)O)C(=O)O.O=P(O)(O)O.OB(O)O. The largest absolute Gasteiger partial charge is 0.631 e. The third-order valence-electron chi connectivity index (χ3n) is 1.29. The van der Waals surface area contributed by atoms with E-state index in [-0.39, 0.29) is 12.4 Å². The van der Waals surface area contributed by atoms with Crippen molar-refractivity contribution in [3.8, 4) is 0 Å². The molecule has 0 aliphatic rings. The number of phosphoric acid groups is 1. The predicted octanol–water partition coefficient (Wildman–Crippen LogP) is -3.72. The molecule has 0 aromatic carbocycles. The Kier molecular flexibility index (Phi) is 23.6. The lowest BCUT2D eigenvalue weighted by atomic mass is 9.96. The molecule has 19 heteroatoms. The van der Waals surface area contributed by atoms with E-state index in [1.807, 2.05) is 0 Å². The van der Waals surface area contributed by atoms with Gasteiger partial charge in [-0.15, -0.1) is 12.4 Å². The first-order chi connectivity index (χ1) is 11.2. The van der Waals surface area contributed by atoms with E-state index >= 15 is 0 Å². The number of aliphatic hydroxyl groups is 1. The average molecular weight is 448 g/mol. The summed E-state index contributed by atoms with van der Waals surface area (Å²) in [6.07, 6.45) is -2.29. The lowest BCUT2D eigenvalue weighted by Gasteiger charge is -2.18. The van der Waals surface area contributed by atoms with Crippen LogP contribution < -0.4 is 0 Å². The molecular weight excluding hydrogens is 429 g/mol. The maximum absolute atomic E-state index is 10.3. The van der Waals surface area contributed by atoms with Crippen molar-refractivity contribution in [2.45, 2.75) is 25.4 Å². The van der Waals surface area contributed by atoms with Crippen molar-refractivity contribution in [3.63, 3.8) is 0 Å². The summed E-state index contributed by atoms with van der Waals surface area (Å²) in [6.45, 7) is 1.08. The van der Waals surface area contributed by atoms with Crippen molar-refractivity contribution in [2.75, 3.05) is 0 Å². The Labute approximate surface area is 156 Å². The molecule has 0 rings (SSSR count). The zero-order valence-electron chi connectivity index (χ0n) is 13.3. The van der Waals surface area contributed by atoms with Crippen molar-refractivity contribution in [1.29, 1.82) is 0 Å². The van der Waals surface area contributed by atoms with Gasteiger partial charge in [-0.05, 0) is 0 Å². The Morgan fingerprint density at radius 3 is 1.07 bits per heavy atom. The molecule has 0 heterocycles. The molecular formula is C8H19BClO16P. The highest BCUT2D eigenvalue weighted by Crippen LogP contribution is 2.25. The van der Waals surface area contributed by atoms with E-state index in [2.05, 4.69) is 0 Å². The molecule has 162 valence electrons. The van der Waals surface area contributed by atoms with E-state index < -0.39 is 57.5 Å². The molecule has 0 saturated heterocycles. The van der Waals surface area contributed by atoms with Gasteiger partial charge < -0.3 is 55.3 Å². The monoisotopic (exact) mass is 448 g/mol. The summed E-state index contributed by atoms with van der Waals surface area (Å²) < 4.78 is 8.88. The van der Waals surface area contributed by atoms with Gasteiger partial charge in [0.15, 0.2) is 5.60 Å². The minimum absolute atomic E-state index is 0. The summed E-state index contributed by atoms with van der Waals surface area (Å²) in [6, 6.07) is 0. The van der Waals surface area contributed by atoms with E-state index in [0.29, 0.717) is 0 Å². The van der Waals surface area contributed by atoms with Crippen LogP contribution in [-0.4, -0.2) is 92.1 Å². The second-order valence-corrected chi connectivity index (χ2v) is 4.88. The van der Waals surface area contributed by atoms with Gasteiger partial charge in [-0.1, -0.05) is 0 Å². The minimum atomic E-state index is -4.64. The Bertz CT molecular complexity index is 472. The number of hydrogen-bond donors (Lipinski definition) is 11. The smallest absolute Gasteiger partial charge is 0.481 e. The molecule has 0 spiro atoms. The van der Waals surface area contributed by atoms with Crippen LogP contribution in [0.1, 0.15) is 19.8 Å². The van der Waals surface area contributed by atoms with Crippen molar-refractivity contribution in [3.05, 3.63) is 0 Å². The van der Waals surface area contributed by atoms with Crippen molar-refractivity contribution < 1.29 is 79.0 Å². The zero-order valence-corrected chi connectivity index (χ0v) is 15.0. The zero-order chi connectivity index (χ0) is 22.3. The molecule has 0 fully saturated rings. The Morgan fingerprint density at radius 1 is 0.852 bits per heavy atom. The first kappa shape index (κ1) is 36.2. The molecule has 0 unspecified atom stereocenters. The van der Waals surface area contributed by atoms with Crippen LogP contribution in [0.3, 0.4) is 0 Å². The Hall–Kier alpha value is -1.82. The number of aliphatic carboxylic acids is 4. The first-order valence-electron chi connectivity index (χ1n) is 5.66. The molecule has 0 saturated carbocycles. The van der Waals surface area contributed by atoms with E-state index in [4.69, 9.17) is 64.6 Å². The van der Waals surface area contributed by atoms with Crippen LogP contribution in [-0.2, 0) is 23.7 Å². The maximum Gasteiger partial charge on any atom is 0.631 e. The van der Waals surface area contributed by atoms with Crippen LogP contribution in [0.25, 0.3) is 0 Å². The summed E-state index contributed by atoms with van der Waals surface area (Å²) >= 11 is 0. The second kappa shape index (κ2) is 17.6. The molecule has 0 aliphatic carbocycles. The summed E-state index contributed by atoms with van der Waals surface area (Å²) in [4.78, 5) is 61.0. The van der Waals surface area contributed by atoms with Crippen molar-refractivity contribution in [1.82, 2.24) is 0 Å². The third-order valence-corrected chi connectivity index (χ3v) is 1.29. The Balaban J connectivity index is -0.0000000953. The number of carbonyl (C=O) groups is 4. The van der Waals surface area contributed by atoms with Crippen LogP contribution in [0.15, 0.2) is 0 Å². The van der Waals surface area contributed by atoms with Crippen LogP contribution in [0.5, 0.6) is 0 Å². The summed E-state index contributed by atoms with van der Waals surface area (Å²) in [5, 5.41) is 62.7. The fourth-order valence-corrected chi connectivity index (χ4v) is 0.714. The van der Waals surface area contributed by atoms with Gasteiger partial charge in [0, 0.05) is 6.92 Å². The van der Waals surface area contributed by atoms with Gasteiger partial charge in [0.2, 0.25) is 0 Å². The second-order valence-electron chi connectivity index (χ2n) is 3.86. The van der Waals surface area contributed by atoms with Crippen LogP contribution >= 0.6 is 20.2 Å². The Morgan fingerprint density at radius 2 is 1.00 bits per heavy atom. The van der Waals surface area contributed by atoms with E-state index in [0.717, 1.165) is 6.92 Å². The lowest BCUT2D eigenvalue weighted by Crippen LogP contribution is -2.42. The van der Waals surface area contributed by atoms with Gasteiger partial charge in [0.25, 0.3) is 5.97 Å². The van der Waals surface area contributed by atoms with Crippen LogP contribution in [0, 0.1) is 0 Å². The van der Waals surface area contributed by atoms with Gasteiger partial charge in [-0.3, -0.25) is 14.4 Å². The van der Waals surface area contributed by atoms with Crippen molar-refractivity contribution in [2.24, 2.45) is 0 Å². The molecule has 0 atom stereocenters. The van der Waals surface area contributed by atoms with E-state index in [9.17, 15) is 14.4 Å². The molecule has 11 N–H and O–H groups in total. The van der Waals surface area contributed by atoms with Gasteiger partial charge >= 0.3 is 33.1 Å². The minimum Gasteiger partial charge on any atom is -0.481 e. The van der Waals surface area contributed by atoms with Gasteiger partial charge in [-0.25, -0.2) is 9.36 Å². The van der Waals surface area contributed by atoms with Gasteiger partial charge in [0.1, 0.15) is 0 Å². The molecule has 27 heavy (non-hydrogen) atoms. The number of hydrogen-bond acceptors (Lipinski definition) is 9. The molecule has 0 amide bonds. The molecule has 0 aromatic heterocycles. The molecule has 0 bridgehead atoms. The maximum atomic E-state index is 10.3. The van der Waals surface area contributed by atoms with E-state index in [1.54, 1.807) is 0 Å². The lowest BCUT2D eigenvalue weighted by molar-refractivity contribution is -0.170. The fourth-order valence-electron chi connectivity index (χ4n) is 0.714.